The molecule has 0 atom stereocenters. The smallest absolute Gasteiger partial charge is 0.344 e. The maximum Gasteiger partial charge on any atom is 0.522 e. The lowest BCUT2D eigenvalue weighted by Gasteiger charge is -2.08. The Morgan fingerprint density at radius 2 is 2.11 bits per heavy atom. The normalized spacial score (nSPS) is 12.0. The Hall–Kier alpha value is -1.53. The van der Waals surface area contributed by atoms with Gasteiger partial charge in [-0.15, -0.1) is 13.2 Å². The predicted molar refractivity (Wildman–Crippen MR) is 64.3 cm³/mol. The zero-order valence-corrected chi connectivity index (χ0v) is 10.3. The Morgan fingerprint density at radius 1 is 1.37 bits per heavy atom. The molecular formula is C12H9ClF3NO2. The van der Waals surface area contributed by atoms with Crippen LogP contribution in [0.4, 0.5) is 13.2 Å². The van der Waals surface area contributed by atoms with Gasteiger partial charge in [0.2, 0.25) is 0 Å². The number of rotatable bonds is 4. The molecule has 2 rings (SSSR count). The van der Waals surface area contributed by atoms with Crippen molar-refractivity contribution in [3.63, 3.8) is 0 Å². The molecule has 0 N–H and O–H groups in total. The Kier molecular flexibility index (Phi) is 3.82. The number of halogens is 4. The molecule has 0 saturated heterocycles. The van der Waals surface area contributed by atoms with Crippen LogP contribution in [-0.4, -0.2) is 23.8 Å². The number of nitrogens with zero attached hydrogens (tertiary/aromatic N) is 1. The Balaban J connectivity index is 2.27. The summed E-state index contributed by atoms with van der Waals surface area (Å²) in [4.78, 5) is 10.9. The maximum absolute atomic E-state index is 11.9. The average Bonchev–Trinajstić information content (AvgIpc) is 2.65. The van der Waals surface area contributed by atoms with E-state index in [1.165, 1.54) is 10.8 Å². The van der Waals surface area contributed by atoms with Crippen LogP contribution < -0.4 is 0 Å². The van der Waals surface area contributed by atoms with Crippen LogP contribution >= 0.6 is 11.6 Å². The van der Waals surface area contributed by atoms with Gasteiger partial charge in [-0.2, -0.15) is 0 Å². The van der Waals surface area contributed by atoms with E-state index in [1.807, 2.05) is 0 Å². The van der Waals surface area contributed by atoms with E-state index in [0.717, 1.165) is 0 Å². The maximum atomic E-state index is 11.9. The molecule has 102 valence electrons. The summed E-state index contributed by atoms with van der Waals surface area (Å²) in [6.45, 7) is -0.553. The number of aromatic nitrogens is 1. The van der Waals surface area contributed by atoms with E-state index in [9.17, 15) is 18.0 Å². The number of fused-ring (bicyclic) bond motifs is 1. The van der Waals surface area contributed by atoms with E-state index in [4.69, 9.17) is 11.6 Å². The summed E-state index contributed by atoms with van der Waals surface area (Å²) in [5.74, 6) is 0. The number of hydrogen-bond acceptors (Lipinski definition) is 2. The van der Waals surface area contributed by atoms with Gasteiger partial charge in [0.05, 0.1) is 12.1 Å². The minimum Gasteiger partial charge on any atom is -0.344 e. The molecule has 0 unspecified atom stereocenters. The van der Waals surface area contributed by atoms with Crippen LogP contribution in [0.5, 0.6) is 0 Å². The summed E-state index contributed by atoms with van der Waals surface area (Å²) in [5.41, 5.74) is 0.999. The zero-order valence-electron chi connectivity index (χ0n) is 9.58. The van der Waals surface area contributed by atoms with Crippen LogP contribution in [0.15, 0.2) is 24.4 Å². The number of carbonyl (C=O) groups is 1. The van der Waals surface area contributed by atoms with Gasteiger partial charge in [0.1, 0.15) is 0 Å². The fraction of sp³-hybridized carbons (Fsp3) is 0.250. The molecule has 1 heterocycles. The van der Waals surface area contributed by atoms with Gasteiger partial charge in [-0.3, -0.25) is 9.53 Å². The van der Waals surface area contributed by atoms with Crippen LogP contribution in [0, 0.1) is 0 Å². The molecule has 0 spiro atoms. The van der Waals surface area contributed by atoms with Gasteiger partial charge in [0, 0.05) is 28.7 Å². The summed E-state index contributed by atoms with van der Waals surface area (Å²) in [6, 6.07) is 4.87. The van der Waals surface area contributed by atoms with Gasteiger partial charge in [0.25, 0.3) is 0 Å². The summed E-state index contributed by atoms with van der Waals surface area (Å²) in [7, 11) is 0. The third kappa shape index (κ3) is 3.27. The van der Waals surface area contributed by atoms with Gasteiger partial charge >= 0.3 is 6.36 Å². The van der Waals surface area contributed by atoms with E-state index in [-0.39, 0.29) is 6.54 Å². The van der Waals surface area contributed by atoms with E-state index in [0.29, 0.717) is 27.8 Å². The van der Waals surface area contributed by atoms with Crippen molar-refractivity contribution in [2.24, 2.45) is 0 Å². The molecule has 0 radical (unpaired) electrons. The van der Waals surface area contributed by atoms with Gasteiger partial charge in [-0.1, -0.05) is 17.7 Å². The second kappa shape index (κ2) is 5.22. The molecule has 0 aliphatic carbocycles. The lowest BCUT2D eigenvalue weighted by molar-refractivity contribution is -0.325. The molecule has 7 heteroatoms. The number of carbonyl (C=O) groups excluding carboxylic acids is 1. The first-order chi connectivity index (χ1) is 8.90. The van der Waals surface area contributed by atoms with Crippen LogP contribution in [0.2, 0.25) is 5.02 Å². The van der Waals surface area contributed by atoms with Crippen LogP contribution in [0.1, 0.15) is 10.4 Å². The fourth-order valence-electron chi connectivity index (χ4n) is 1.83. The molecule has 2 aromatic rings. The lowest BCUT2D eigenvalue weighted by Crippen LogP contribution is -2.17. The monoisotopic (exact) mass is 291 g/mol. The minimum absolute atomic E-state index is 0.0236. The third-order valence-corrected chi connectivity index (χ3v) is 2.84. The number of ether oxygens (including phenoxy) is 1. The predicted octanol–water partition coefficient (Wildman–Crippen LogP) is 3.64. The highest BCUT2D eigenvalue weighted by Crippen LogP contribution is 2.24. The number of benzene rings is 1. The van der Waals surface area contributed by atoms with Crippen molar-refractivity contribution in [1.82, 2.24) is 4.57 Å². The second-order valence-electron chi connectivity index (χ2n) is 3.85. The van der Waals surface area contributed by atoms with E-state index >= 15 is 0 Å². The van der Waals surface area contributed by atoms with Crippen molar-refractivity contribution in [3.8, 4) is 0 Å². The highest BCUT2D eigenvalue weighted by Gasteiger charge is 2.28. The largest absolute Gasteiger partial charge is 0.522 e. The topological polar surface area (TPSA) is 31.2 Å². The molecule has 0 aliphatic rings. The molecule has 0 saturated carbocycles. The Morgan fingerprint density at radius 3 is 2.74 bits per heavy atom. The first-order valence-electron chi connectivity index (χ1n) is 5.35. The quantitative estimate of drug-likeness (QED) is 0.805. The highest BCUT2D eigenvalue weighted by molar-refractivity contribution is 6.31. The standard InChI is InChI=1S/C12H9ClF3NO2/c13-9-1-2-10-8(7-18)6-17(11(10)5-9)3-4-19-12(14,15)16/h1-2,5-7H,3-4H2. The number of alkyl halides is 3. The van der Waals surface area contributed by atoms with Crippen molar-refractivity contribution in [3.05, 3.63) is 35.0 Å². The molecule has 0 amide bonds. The van der Waals surface area contributed by atoms with Crippen molar-refractivity contribution < 1.29 is 22.7 Å². The second-order valence-corrected chi connectivity index (χ2v) is 4.29. The van der Waals surface area contributed by atoms with E-state index < -0.39 is 13.0 Å². The van der Waals surface area contributed by atoms with Gasteiger partial charge in [0.15, 0.2) is 6.29 Å². The molecular weight excluding hydrogens is 283 g/mol. The minimum atomic E-state index is -4.66. The third-order valence-electron chi connectivity index (χ3n) is 2.60. The van der Waals surface area contributed by atoms with Crippen molar-refractivity contribution in [1.29, 1.82) is 0 Å². The van der Waals surface area contributed by atoms with Gasteiger partial charge in [-0.25, -0.2) is 0 Å². The van der Waals surface area contributed by atoms with Crippen LogP contribution in [0.25, 0.3) is 10.9 Å². The lowest BCUT2D eigenvalue weighted by atomic mass is 10.2. The van der Waals surface area contributed by atoms with Crippen molar-refractivity contribution in [2.75, 3.05) is 6.61 Å². The SMILES string of the molecule is O=Cc1cn(CCOC(F)(F)F)c2cc(Cl)ccc12. The summed E-state index contributed by atoms with van der Waals surface area (Å²) in [5, 5.41) is 1.09. The summed E-state index contributed by atoms with van der Waals surface area (Å²) < 4.78 is 40.9. The van der Waals surface area contributed by atoms with Gasteiger partial charge in [-0.05, 0) is 12.1 Å². The molecule has 0 bridgehead atoms. The molecule has 3 nitrogen and oxygen atoms in total. The zero-order chi connectivity index (χ0) is 14.0. The summed E-state index contributed by atoms with van der Waals surface area (Å²) in [6.07, 6.45) is -2.53. The molecule has 19 heavy (non-hydrogen) atoms. The first-order valence-corrected chi connectivity index (χ1v) is 5.73. The van der Waals surface area contributed by atoms with Crippen LogP contribution in [0.3, 0.4) is 0 Å². The van der Waals surface area contributed by atoms with E-state index in [2.05, 4.69) is 4.74 Å². The van der Waals surface area contributed by atoms with Gasteiger partial charge < -0.3 is 4.57 Å². The number of aldehydes is 1. The van der Waals surface area contributed by atoms with Crippen molar-refractivity contribution >= 4 is 28.8 Å². The molecule has 1 aromatic carbocycles. The fourth-order valence-corrected chi connectivity index (χ4v) is 2.00. The van der Waals surface area contributed by atoms with Crippen molar-refractivity contribution in [2.45, 2.75) is 12.9 Å². The average molecular weight is 292 g/mol. The summed E-state index contributed by atoms with van der Waals surface area (Å²) >= 11 is 5.84. The first kappa shape index (κ1) is 13.9. The molecule has 1 aromatic heterocycles. The Bertz CT molecular complexity index is 607. The van der Waals surface area contributed by atoms with Crippen LogP contribution in [-0.2, 0) is 11.3 Å². The molecule has 0 aliphatic heterocycles. The number of hydrogen-bond donors (Lipinski definition) is 0. The Labute approximate surface area is 111 Å². The molecule has 0 fully saturated rings. The highest BCUT2D eigenvalue weighted by atomic mass is 35.5. The van der Waals surface area contributed by atoms with E-state index in [1.54, 1.807) is 18.2 Å².